The molecule has 3 aromatic rings. The number of thioether (sulfide) groups is 1. The highest BCUT2D eigenvalue weighted by molar-refractivity contribution is 14.0. The van der Waals surface area contributed by atoms with Crippen LogP contribution in [-0.4, -0.2) is 50.8 Å². The van der Waals surface area contributed by atoms with Crippen molar-refractivity contribution < 1.29 is 0 Å². The van der Waals surface area contributed by atoms with E-state index in [0.717, 1.165) is 42.7 Å². The van der Waals surface area contributed by atoms with Crippen LogP contribution in [0, 0.1) is 5.92 Å². The molecule has 1 aromatic carbocycles. The third-order valence-corrected chi connectivity index (χ3v) is 6.38. The van der Waals surface area contributed by atoms with Crippen LogP contribution in [0.2, 0.25) is 0 Å². The van der Waals surface area contributed by atoms with Crippen molar-refractivity contribution in [2.45, 2.75) is 24.8 Å². The minimum absolute atomic E-state index is 0. The number of aromatic nitrogens is 3. The van der Waals surface area contributed by atoms with E-state index < -0.39 is 0 Å². The lowest BCUT2D eigenvalue weighted by Crippen LogP contribution is -2.40. The molecule has 1 atom stereocenters. The van der Waals surface area contributed by atoms with Crippen LogP contribution >= 0.6 is 35.7 Å². The van der Waals surface area contributed by atoms with E-state index in [0.29, 0.717) is 12.5 Å². The zero-order chi connectivity index (χ0) is 20.6. The van der Waals surface area contributed by atoms with Gasteiger partial charge in [-0.2, -0.15) is 0 Å². The van der Waals surface area contributed by atoms with E-state index in [1.165, 1.54) is 11.3 Å². The Labute approximate surface area is 205 Å². The molecule has 2 aromatic heterocycles. The molecule has 6 nitrogen and oxygen atoms in total. The Bertz CT molecular complexity index is 948. The normalized spacial score (nSPS) is 16.2. The van der Waals surface area contributed by atoms with Crippen molar-refractivity contribution in [3.05, 3.63) is 72.9 Å². The highest BCUT2D eigenvalue weighted by Crippen LogP contribution is 2.26. The molecule has 31 heavy (non-hydrogen) atoms. The third kappa shape index (κ3) is 6.70. The van der Waals surface area contributed by atoms with Gasteiger partial charge in [0.2, 0.25) is 0 Å². The zero-order valence-electron chi connectivity index (χ0n) is 17.7. The molecule has 1 unspecified atom stereocenters. The van der Waals surface area contributed by atoms with Gasteiger partial charge in [-0.25, -0.2) is 15.0 Å². The van der Waals surface area contributed by atoms with Gasteiger partial charge in [0.1, 0.15) is 12.1 Å². The molecule has 1 N–H and O–H groups in total. The van der Waals surface area contributed by atoms with Crippen LogP contribution in [0.3, 0.4) is 0 Å². The molecule has 0 amide bonds. The second-order valence-electron chi connectivity index (χ2n) is 7.39. The van der Waals surface area contributed by atoms with Crippen molar-refractivity contribution in [3.8, 4) is 5.82 Å². The largest absolute Gasteiger partial charge is 0.357 e. The van der Waals surface area contributed by atoms with Crippen LogP contribution in [0.4, 0.5) is 0 Å². The summed E-state index contributed by atoms with van der Waals surface area (Å²) in [5.74, 6) is 3.71. The Morgan fingerprint density at radius 2 is 2.10 bits per heavy atom. The van der Waals surface area contributed by atoms with Crippen LogP contribution in [0.25, 0.3) is 5.82 Å². The smallest absolute Gasteiger partial charge is 0.194 e. The molecule has 4 rings (SSSR count). The van der Waals surface area contributed by atoms with Crippen molar-refractivity contribution in [1.82, 2.24) is 24.8 Å². The number of hydrogen-bond donors (Lipinski definition) is 1. The molecule has 1 saturated heterocycles. The lowest BCUT2D eigenvalue weighted by atomic mass is 10.2. The monoisotopic (exact) mass is 548 g/mol. The number of guanidine groups is 1. The van der Waals surface area contributed by atoms with Gasteiger partial charge in [-0.3, -0.25) is 4.57 Å². The van der Waals surface area contributed by atoms with Gasteiger partial charge in [-0.05, 0) is 49.1 Å². The topological polar surface area (TPSA) is 58.3 Å². The van der Waals surface area contributed by atoms with E-state index in [1.807, 2.05) is 34.8 Å². The van der Waals surface area contributed by atoms with E-state index in [4.69, 9.17) is 4.99 Å². The van der Waals surface area contributed by atoms with Gasteiger partial charge in [0.15, 0.2) is 5.96 Å². The van der Waals surface area contributed by atoms with Crippen molar-refractivity contribution in [2.75, 3.05) is 25.4 Å². The number of rotatable bonds is 7. The molecular formula is C23H29IN6S. The van der Waals surface area contributed by atoms with Crippen molar-refractivity contribution in [2.24, 2.45) is 10.9 Å². The van der Waals surface area contributed by atoms with E-state index in [1.54, 1.807) is 12.5 Å². The molecule has 0 aliphatic carbocycles. The van der Waals surface area contributed by atoms with Gasteiger partial charge in [0, 0.05) is 48.9 Å². The molecular weight excluding hydrogens is 519 g/mol. The van der Waals surface area contributed by atoms with E-state index >= 15 is 0 Å². The SMILES string of the molecule is CCNC(=NCc1ccnc(-n2ccnc2)c1)N1CCC(CSc2ccccc2)C1.I. The lowest BCUT2D eigenvalue weighted by molar-refractivity contribution is 0.474. The van der Waals surface area contributed by atoms with Crippen molar-refractivity contribution in [1.29, 1.82) is 0 Å². The van der Waals surface area contributed by atoms with Gasteiger partial charge in [0.05, 0.1) is 6.54 Å². The molecule has 1 fully saturated rings. The van der Waals surface area contributed by atoms with Crippen LogP contribution in [-0.2, 0) is 6.54 Å². The first-order valence-corrected chi connectivity index (χ1v) is 11.4. The summed E-state index contributed by atoms with van der Waals surface area (Å²) in [7, 11) is 0. The van der Waals surface area contributed by atoms with E-state index in [-0.39, 0.29) is 24.0 Å². The first kappa shape index (κ1) is 23.6. The Morgan fingerprint density at radius 1 is 1.23 bits per heavy atom. The molecule has 1 aliphatic heterocycles. The highest BCUT2D eigenvalue weighted by atomic mass is 127. The Morgan fingerprint density at radius 3 is 2.87 bits per heavy atom. The summed E-state index contributed by atoms with van der Waals surface area (Å²) in [6.45, 7) is 5.74. The summed E-state index contributed by atoms with van der Waals surface area (Å²) >= 11 is 1.95. The highest BCUT2D eigenvalue weighted by Gasteiger charge is 2.24. The maximum atomic E-state index is 4.91. The fraction of sp³-hybridized carbons (Fsp3) is 0.348. The van der Waals surface area contributed by atoms with Crippen LogP contribution in [0.15, 0.2) is 77.3 Å². The second-order valence-corrected chi connectivity index (χ2v) is 8.48. The number of nitrogens with zero attached hydrogens (tertiary/aromatic N) is 5. The number of nitrogens with one attached hydrogen (secondary N) is 1. The maximum absolute atomic E-state index is 4.91. The van der Waals surface area contributed by atoms with Crippen molar-refractivity contribution in [3.63, 3.8) is 0 Å². The molecule has 3 heterocycles. The number of hydrogen-bond acceptors (Lipinski definition) is 4. The predicted molar refractivity (Wildman–Crippen MR) is 138 cm³/mol. The Hall–Kier alpha value is -2.07. The van der Waals surface area contributed by atoms with Gasteiger partial charge < -0.3 is 10.2 Å². The standard InChI is InChI=1S/C23H28N6S.HI/c1-2-25-23(27-15-19-8-10-26-22(14-19)29-13-11-24-18-29)28-12-9-20(16-28)17-30-21-6-4-3-5-7-21;/h3-8,10-11,13-14,18,20H,2,9,12,15-17H2,1H3,(H,25,27);1H. The molecule has 8 heteroatoms. The number of halogens is 1. The van der Waals surface area contributed by atoms with Crippen LogP contribution in [0.1, 0.15) is 18.9 Å². The summed E-state index contributed by atoms with van der Waals surface area (Å²) in [4.78, 5) is 17.2. The molecule has 0 radical (unpaired) electrons. The minimum atomic E-state index is 0. The summed E-state index contributed by atoms with van der Waals surface area (Å²) in [5, 5.41) is 3.47. The average molecular weight is 548 g/mol. The Kier molecular flexibility index (Phi) is 9.20. The molecule has 0 bridgehead atoms. The van der Waals surface area contributed by atoms with Crippen LogP contribution in [0.5, 0.6) is 0 Å². The fourth-order valence-corrected chi connectivity index (χ4v) is 4.63. The van der Waals surface area contributed by atoms with E-state index in [9.17, 15) is 0 Å². The predicted octanol–water partition coefficient (Wildman–Crippen LogP) is 4.47. The van der Waals surface area contributed by atoms with Crippen molar-refractivity contribution >= 4 is 41.7 Å². The fourth-order valence-electron chi connectivity index (χ4n) is 3.58. The molecule has 1 aliphatic rings. The van der Waals surface area contributed by atoms with Gasteiger partial charge in [-0.15, -0.1) is 35.7 Å². The lowest BCUT2D eigenvalue weighted by Gasteiger charge is -2.21. The summed E-state index contributed by atoms with van der Waals surface area (Å²) in [6.07, 6.45) is 8.47. The Balaban J connectivity index is 0.00000272. The second kappa shape index (κ2) is 12.1. The van der Waals surface area contributed by atoms with Gasteiger partial charge >= 0.3 is 0 Å². The summed E-state index contributed by atoms with van der Waals surface area (Å²) < 4.78 is 1.91. The number of imidazole rings is 1. The quantitative estimate of drug-likeness (QED) is 0.205. The minimum Gasteiger partial charge on any atom is -0.357 e. The molecule has 0 spiro atoms. The average Bonchev–Trinajstić information content (AvgIpc) is 3.49. The summed E-state index contributed by atoms with van der Waals surface area (Å²) in [5.41, 5.74) is 1.14. The van der Waals surface area contributed by atoms with Gasteiger partial charge in [-0.1, -0.05) is 18.2 Å². The van der Waals surface area contributed by atoms with Gasteiger partial charge in [0.25, 0.3) is 0 Å². The van der Waals surface area contributed by atoms with Crippen LogP contribution < -0.4 is 5.32 Å². The number of pyridine rings is 1. The zero-order valence-corrected chi connectivity index (χ0v) is 20.9. The summed E-state index contributed by atoms with van der Waals surface area (Å²) in [6, 6.07) is 14.8. The third-order valence-electron chi connectivity index (χ3n) is 5.14. The number of aliphatic imine (C=N–C) groups is 1. The first-order valence-electron chi connectivity index (χ1n) is 10.5. The first-order chi connectivity index (χ1) is 14.8. The van der Waals surface area contributed by atoms with E-state index in [2.05, 4.69) is 63.5 Å². The maximum Gasteiger partial charge on any atom is 0.194 e. The number of likely N-dealkylation sites (tertiary alicyclic amines) is 1. The molecule has 0 saturated carbocycles. The molecule has 164 valence electrons. The number of benzene rings is 1.